The molecule has 0 saturated heterocycles. The topological polar surface area (TPSA) is 48.9 Å². The van der Waals surface area contributed by atoms with Crippen LogP contribution in [-0.4, -0.2) is 38.4 Å². The summed E-state index contributed by atoms with van der Waals surface area (Å²) >= 11 is 0. The van der Waals surface area contributed by atoms with E-state index in [-0.39, 0.29) is 6.61 Å². The molecule has 0 spiro atoms. The molecule has 2 aromatic carbocycles. The van der Waals surface area contributed by atoms with Crippen LogP contribution < -0.4 is 15.5 Å². The first kappa shape index (κ1) is 23.7. The van der Waals surface area contributed by atoms with E-state index in [4.69, 9.17) is 0 Å². The SMILES string of the molecule is CCNC(=NCc1ccc(N2CC=CC2)cc1)NCc1ccc(COCC(F)(F)F)cc1. The molecule has 0 aromatic heterocycles. The molecule has 32 heavy (non-hydrogen) atoms. The van der Waals surface area contributed by atoms with Crippen molar-refractivity contribution in [1.29, 1.82) is 0 Å². The van der Waals surface area contributed by atoms with Crippen LogP contribution in [0.15, 0.2) is 65.7 Å². The van der Waals surface area contributed by atoms with E-state index in [0.29, 0.717) is 24.6 Å². The second kappa shape index (κ2) is 11.6. The Kier molecular flexibility index (Phi) is 8.56. The number of aliphatic imine (C=N–C) groups is 1. The zero-order valence-corrected chi connectivity index (χ0v) is 18.2. The average Bonchev–Trinajstić information content (AvgIpc) is 3.31. The van der Waals surface area contributed by atoms with Crippen LogP contribution in [-0.2, 0) is 24.4 Å². The molecule has 8 heteroatoms. The van der Waals surface area contributed by atoms with Crippen LogP contribution in [0.3, 0.4) is 0 Å². The summed E-state index contributed by atoms with van der Waals surface area (Å²) in [6.45, 7) is 4.45. The molecule has 0 atom stereocenters. The van der Waals surface area contributed by atoms with E-state index >= 15 is 0 Å². The van der Waals surface area contributed by atoms with Gasteiger partial charge in [-0.3, -0.25) is 0 Å². The van der Waals surface area contributed by atoms with E-state index < -0.39 is 12.8 Å². The highest BCUT2D eigenvalue weighted by Gasteiger charge is 2.27. The Morgan fingerprint density at radius 2 is 1.56 bits per heavy atom. The van der Waals surface area contributed by atoms with Crippen molar-refractivity contribution >= 4 is 11.6 Å². The van der Waals surface area contributed by atoms with Crippen LogP contribution in [0.5, 0.6) is 0 Å². The van der Waals surface area contributed by atoms with Gasteiger partial charge < -0.3 is 20.3 Å². The number of nitrogens with one attached hydrogen (secondary N) is 2. The standard InChI is InChI=1S/C24H29F3N4O/c1-2-28-23(30-16-20-9-11-22(12-10-20)31-13-3-4-14-31)29-15-19-5-7-21(8-6-19)17-32-18-24(25,26)27/h3-12H,2,13-18H2,1H3,(H2,28,29,30). The van der Waals surface area contributed by atoms with Gasteiger partial charge in [0.2, 0.25) is 0 Å². The Morgan fingerprint density at radius 1 is 0.938 bits per heavy atom. The minimum Gasteiger partial charge on any atom is -0.367 e. The van der Waals surface area contributed by atoms with Gasteiger partial charge in [0.15, 0.2) is 5.96 Å². The van der Waals surface area contributed by atoms with Crippen molar-refractivity contribution in [2.45, 2.75) is 32.8 Å². The summed E-state index contributed by atoms with van der Waals surface area (Å²) in [5, 5.41) is 6.52. The normalized spacial score (nSPS) is 14.1. The Hall–Kier alpha value is -3.00. The minimum absolute atomic E-state index is 0.0651. The molecule has 0 amide bonds. The Morgan fingerprint density at radius 3 is 2.19 bits per heavy atom. The highest BCUT2D eigenvalue weighted by atomic mass is 19.4. The third-order valence-corrected chi connectivity index (χ3v) is 4.90. The molecule has 1 aliphatic rings. The molecule has 0 bridgehead atoms. The lowest BCUT2D eigenvalue weighted by Crippen LogP contribution is -2.36. The van der Waals surface area contributed by atoms with Gasteiger partial charge in [0, 0.05) is 31.9 Å². The predicted molar refractivity (Wildman–Crippen MR) is 122 cm³/mol. The van der Waals surface area contributed by atoms with Gasteiger partial charge in [-0.25, -0.2) is 4.99 Å². The summed E-state index contributed by atoms with van der Waals surface area (Å²) in [7, 11) is 0. The maximum absolute atomic E-state index is 12.2. The van der Waals surface area contributed by atoms with Crippen molar-refractivity contribution in [3.05, 3.63) is 77.4 Å². The molecule has 1 aliphatic heterocycles. The van der Waals surface area contributed by atoms with Gasteiger partial charge in [-0.15, -0.1) is 0 Å². The predicted octanol–water partition coefficient (Wildman–Crippen LogP) is 4.40. The van der Waals surface area contributed by atoms with Gasteiger partial charge in [-0.1, -0.05) is 48.6 Å². The first-order valence-corrected chi connectivity index (χ1v) is 10.7. The molecular formula is C24H29F3N4O. The number of guanidine groups is 1. The lowest BCUT2D eigenvalue weighted by Gasteiger charge is -2.17. The van der Waals surface area contributed by atoms with E-state index in [9.17, 15) is 13.2 Å². The Balaban J connectivity index is 1.48. The fraction of sp³-hybridized carbons (Fsp3) is 0.375. The zero-order chi connectivity index (χ0) is 22.8. The molecular weight excluding hydrogens is 417 g/mol. The van der Waals surface area contributed by atoms with Crippen LogP contribution in [0.25, 0.3) is 0 Å². The van der Waals surface area contributed by atoms with Crippen LogP contribution in [0, 0.1) is 0 Å². The number of nitrogens with zero attached hydrogens (tertiary/aromatic N) is 2. The van der Waals surface area contributed by atoms with Crippen molar-refractivity contribution in [2.75, 3.05) is 31.1 Å². The second-order valence-corrected chi connectivity index (χ2v) is 7.52. The number of hydrogen-bond donors (Lipinski definition) is 2. The maximum Gasteiger partial charge on any atom is 0.411 e. The smallest absolute Gasteiger partial charge is 0.367 e. The first-order chi connectivity index (χ1) is 15.4. The molecule has 0 unspecified atom stereocenters. The summed E-state index contributed by atoms with van der Waals surface area (Å²) < 4.78 is 41.2. The summed E-state index contributed by atoms with van der Waals surface area (Å²) in [6.07, 6.45) is 0.0307. The van der Waals surface area contributed by atoms with Gasteiger partial charge >= 0.3 is 6.18 Å². The largest absolute Gasteiger partial charge is 0.411 e. The number of benzene rings is 2. The maximum atomic E-state index is 12.2. The van der Waals surface area contributed by atoms with E-state index in [1.54, 1.807) is 12.1 Å². The van der Waals surface area contributed by atoms with Crippen molar-refractivity contribution in [3.63, 3.8) is 0 Å². The number of halogens is 3. The molecule has 2 N–H and O–H groups in total. The molecule has 1 heterocycles. The Bertz CT molecular complexity index is 885. The van der Waals surface area contributed by atoms with Crippen molar-refractivity contribution in [3.8, 4) is 0 Å². The molecule has 172 valence electrons. The van der Waals surface area contributed by atoms with E-state index in [1.807, 2.05) is 19.1 Å². The molecule has 3 rings (SSSR count). The first-order valence-electron chi connectivity index (χ1n) is 10.7. The summed E-state index contributed by atoms with van der Waals surface area (Å²) in [6, 6.07) is 15.7. The molecule has 2 aromatic rings. The average molecular weight is 447 g/mol. The lowest BCUT2D eigenvalue weighted by atomic mass is 10.1. The third-order valence-electron chi connectivity index (χ3n) is 4.90. The fourth-order valence-electron chi connectivity index (χ4n) is 3.24. The van der Waals surface area contributed by atoms with Crippen LogP contribution in [0.4, 0.5) is 18.9 Å². The second-order valence-electron chi connectivity index (χ2n) is 7.52. The van der Waals surface area contributed by atoms with Crippen LogP contribution in [0.1, 0.15) is 23.6 Å². The van der Waals surface area contributed by atoms with Crippen molar-refractivity contribution in [1.82, 2.24) is 10.6 Å². The van der Waals surface area contributed by atoms with E-state index in [2.05, 4.69) is 61.7 Å². The number of rotatable bonds is 9. The highest BCUT2D eigenvalue weighted by Crippen LogP contribution is 2.18. The van der Waals surface area contributed by atoms with Gasteiger partial charge in [-0.05, 0) is 35.7 Å². The number of hydrogen-bond acceptors (Lipinski definition) is 3. The molecule has 0 radical (unpaired) electrons. The Labute approximate surface area is 187 Å². The van der Waals surface area contributed by atoms with E-state index in [1.165, 1.54) is 5.69 Å². The lowest BCUT2D eigenvalue weighted by molar-refractivity contribution is -0.176. The summed E-state index contributed by atoms with van der Waals surface area (Å²) in [4.78, 5) is 6.95. The molecule has 5 nitrogen and oxygen atoms in total. The van der Waals surface area contributed by atoms with E-state index in [0.717, 1.165) is 30.8 Å². The molecule has 0 saturated carbocycles. The quantitative estimate of drug-likeness (QED) is 0.341. The fourth-order valence-corrected chi connectivity index (χ4v) is 3.24. The van der Waals surface area contributed by atoms with Crippen LogP contribution in [0.2, 0.25) is 0 Å². The summed E-state index contributed by atoms with van der Waals surface area (Å²) in [5.74, 6) is 0.706. The van der Waals surface area contributed by atoms with Gasteiger partial charge in [0.25, 0.3) is 0 Å². The van der Waals surface area contributed by atoms with Gasteiger partial charge in [0.05, 0.1) is 13.2 Å². The van der Waals surface area contributed by atoms with Crippen molar-refractivity contribution in [2.24, 2.45) is 4.99 Å². The van der Waals surface area contributed by atoms with Gasteiger partial charge in [0.1, 0.15) is 6.61 Å². The third kappa shape index (κ3) is 7.92. The zero-order valence-electron chi connectivity index (χ0n) is 18.2. The van der Waals surface area contributed by atoms with Gasteiger partial charge in [-0.2, -0.15) is 13.2 Å². The number of anilines is 1. The highest BCUT2D eigenvalue weighted by molar-refractivity contribution is 5.79. The van der Waals surface area contributed by atoms with Crippen molar-refractivity contribution < 1.29 is 17.9 Å². The monoisotopic (exact) mass is 446 g/mol. The van der Waals surface area contributed by atoms with Crippen LogP contribution >= 0.6 is 0 Å². The summed E-state index contributed by atoms with van der Waals surface area (Å²) in [5.41, 5.74) is 4.03. The minimum atomic E-state index is -4.31. The number of alkyl halides is 3. The molecule has 0 fully saturated rings. The number of ether oxygens (including phenoxy) is 1. The molecule has 0 aliphatic carbocycles.